The van der Waals surface area contributed by atoms with Crippen molar-refractivity contribution in [3.8, 4) is 11.5 Å². The number of carbonyl (C=O) groups excluding carboxylic acids is 1. The molecule has 0 spiro atoms. The van der Waals surface area contributed by atoms with Gasteiger partial charge >= 0.3 is 0 Å². The van der Waals surface area contributed by atoms with Gasteiger partial charge in [0.25, 0.3) is 0 Å². The van der Waals surface area contributed by atoms with Gasteiger partial charge in [-0.3, -0.25) is 9.59 Å². The number of hydrogen-bond donors (Lipinski definition) is 2. The molecular formula is C24H32N2O4. The monoisotopic (exact) mass is 412 g/mol. The van der Waals surface area contributed by atoms with Crippen LogP contribution in [0.5, 0.6) is 11.5 Å². The fraction of sp³-hybridized carbons (Fsp3) is 0.500. The summed E-state index contributed by atoms with van der Waals surface area (Å²) in [6.45, 7) is 5.30. The van der Waals surface area contributed by atoms with Crippen LogP contribution in [0, 0.1) is 0 Å². The van der Waals surface area contributed by atoms with Crippen molar-refractivity contribution in [2.24, 2.45) is 0 Å². The first-order chi connectivity index (χ1) is 14.5. The first-order valence-corrected chi connectivity index (χ1v) is 11.0. The van der Waals surface area contributed by atoms with Crippen molar-refractivity contribution in [3.63, 3.8) is 0 Å². The van der Waals surface area contributed by atoms with Crippen molar-refractivity contribution >= 4 is 5.91 Å². The summed E-state index contributed by atoms with van der Waals surface area (Å²) in [7, 11) is 0. The minimum atomic E-state index is -0.364. The Balaban J connectivity index is 1.64. The third kappa shape index (κ3) is 4.69. The number of amides is 1. The van der Waals surface area contributed by atoms with Crippen LogP contribution >= 0.6 is 0 Å². The van der Waals surface area contributed by atoms with E-state index >= 15 is 0 Å². The zero-order chi connectivity index (χ0) is 21.7. The average Bonchev–Trinajstić information content (AvgIpc) is 2.74. The molecule has 1 aliphatic carbocycles. The summed E-state index contributed by atoms with van der Waals surface area (Å²) in [6, 6.07) is 7.18. The van der Waals surface area contributed by atoms with Crippen LogP contribution in [-0.4, -0.2) is 38.2 Å². The number of pyridine rings is 1. The number of nitrogens with zero attached hydrogens (tertiary/aromatic N) is 2. The van der Waals surface area contributed by atoms with E-state index in [2.05, 4.69) is 6.92 Å². The Kier molecular flexibility index (Phi) is 7.19. The summed E-state index contributed by atoms with van der Waals surface area (Å²) >= 11 is 0. The van der Waals surface area contributed by atoms with Crippen LogP contribution in [0.3, 0.4) is 0 Å². The van der Waals surface area contributed by atoms with Crippen LogP contribution in [0.4, 0.5) is 0 Å². The molecule has 30 heavy (non-hydrogen) atoms. The topological polar surface area (TPSA) is 82.8 Å². The van der Waals surface area contributed by atoms with Gasteiger partial charge in [0.15, 0.2) is 5.75 Å². The molecule has 2 aromatic rings. The third-order valence-electron chi connectivity index (χ3n) is 6.04. The maximum Gasteiger partial charge on any atom is 0.223 e. The molecule has 6 heteroatoms. The Labute approximate surface area is 177 Å². The smallest absolute Gasteiger partial charge is 0.223 e. The van der Waals surface area contributed by atoms with E-state index in [0.717, 1.165) is 43.4 Å². The van der Waals surface area contributed by atoms with Crippen molar-refractivity contribution in [1.82, 2.24) is 9.47 Å². The highest BCUT2D eigenvalue weighted by atomic mass is 16.3. The summed E-state index contributed by atoms with van der Waals surface area (Å²) in [4.78, 5) is 26.7. The van der Waals surface area contributed by atoms with Crippen molar-refractivity contribution in [2.75, 3.05) is 6.54 Å². The van der Waals surface area contributed by atoms with E-state index in [1.54, 1.807) is 12.3 Å². The molecule has 6 nitrogen and oxygen atoms in total. The highest BCUT2D eigenvalue weighted by molar-refractivity contribution is 5.76. The highest BCUT2D eigenvalue weighted by Gasteiger charge is 2.28. The Morgan fingerprint density at radius 1 is 1.23 bits per heavy atom. The van der Waals surface area contributed by atoms with Gasteiger partial charge in [-0.1, -0.05) is 26.0 Å². The van der Waals surface area contributed by atoms with E-state index < -0.39 is 0 Å². The first-order valence-electron chi connectivity index (χ1n) is 11.0. The largest absolute Gasteiger partial charge is 0.508 e. The number of hydrogen-bond acceptors (Lipinski definition) is 4. The van der Waals surface area contributed by atoms with Crippen LogP contribution in [0.15, 0.2) is 35.3 Å². The number of phenolic OH excluding ortho intramolecular Hbond substituents is 1. The number of phenols is 1. The molecule has 1 aromatic heterocycles. The van der Waals surface area contributed by atoms with Gasteiger partial charge in [0, 0.05) is 37.8 Å². The van der Waals surface area contributed by atoms with Crippen LogP contribution in [0.25, 0.3) is 0 Å². The van der Waals surface area contributed by atoms with Crippen LogP contribution in [-0.2, 0) is 30.6 Å². The van der Waals surface area contributed by atoms with Crippen molar-refractivity contribution in [3.05, 3.63) is 57.5 Å². The van der Waals surface area contributed by atoms with Gasteiger partial charge in [-0.15, -0.1) is 0 Å². The van der Waals surface area contributed by atoms with E-state index in [4.69, 9.17) is 0 Å². The molecule has 0 fully saturated rings. The molecule has 162 valence electrons. The van der Waals surface area contributed by atoms with E-state index in [-0.39, 0.29) is 23.1 Å². The standard InChI is InChI=1S/C24H32N2O4/c1-3-13-26(18-10-11-19-17(16-18)7-5-8-21(19)27)23(29)9-6-14-25-15-12-22(28)24(30)20(25)4-2/h5,7-8,12,15,18,27,30H,3-4,6,9-11,13-14,16H2,1-2H3/t18-/m0/s1. The van der Waals surface area contributed by atoms with Gasteiger partial charge in [-0.2, -0.15) is 0 Å². The molecule has 3 rings (SSSR count). The lowest BCUT2D eigenvalue weighted by molar-refractivity contribution is -0.134. The fourth-order valence-electron chi connectivity index (χ4n) is 4.51. The van der Waals surface area contributed by atoms with E-state index in [9.17, 15) is 19.8 Å². The number of fused-ring (bicyclic) bond motifs is 1. The molecular weight excluding hydrogens is 380 g/mol. The van der Waals surface area contributed by atoms with Gasteiger partial charge in [0.2, 0.25) is 11.3 Å². The maximum absolute atomic E-state index is 13.0. The van der Waals surface area contributed by atoms with Gasteiger partial charge in [-0.25, -0.2) is 0 Å². The molecule has 1 amide bonds. The Morgan fingerprint density at radius 3 is 2.77 bits per heavy atom. The Bertz CT molecular complexity index is 951. The number of rotatable bonds is 8. The summed E-state index contributed by atoms with van der Waals surface area (Å²) < 4.78 is 1.87. The second-order valence-corrected chi connectivity index (χ2v) is 8.02. The fourth-order valence-corrected chi connectivity index (χ4v) is 4.51. The predicted molar refractivity (Wildman–Crippen MR) is 117 cm³/mol. The predicted octanol–water partition coefficient (Wildman–Crippen LogP) is 3.40. The SMILES string of the molecule is CCCN(C(=O)CCCn1ccc(=O)c(O)c1CC)[C@H]1CCc2c(O)cccc2C1. The van der Waals surface area contributed by atoms with E-state index in [1.807, 2.05) is 28.5 Å². The van der Waals surface area contributed by atoms with Crippen LogP contribution in [0.2, 0.25) is 0 Å². The van der Waals surface area contributed by atoms with Gasteiger partial charge in [0.1, 0.15) is 5.75 Å². The molecule has 1 heterocycles. The Morgan fingerprint density at radius 2 is 2.03 bits per heavy atom. The van der Waals surface area contributed by atoms with Crippen molar-refractivity contribution in [2.45, 2.75) is 71.4 Å². The average molecular weight is 413 g/mol. The van der Waals surface area contributed by atoms with E-state index in [1.165, 1.54) is 6.07 Å². The van der Waals surface area contributed by atoms with Gasteiger partial charge in [0.05, 0.1) is 5.69 Å². The normalized spacial score (nSPS) is 15.6. The van der Waals surface area contributed by atoms with Gasteiger partial charge < -0.3 is 19.7 Å². The number of aromatic nitrogens is 1. The Hall–Kier alpha value is -2.76. The zero-order valence-electron chi connectivity index (χ0n) is 17.9. The molecule has 0 saturated heterocycles. The molecule has 0 bridgehead atoms. The second-order valence-electron chi connectivity index (χ2n) is 8.02. The van der Waals surface area contributed by atoms with Crippen molar-refractivity contribution in [1.29, 1.82) is 0 Å². The minimum Gasteiger partial charge on any atom is -0.508 e. The van der Waals surface area contributed by atoms with Crippen LogP contribution in [0.1, 0.15) is 56.4 Å². The highest BCUT2D eigenvalue weighted by Crippen LogP contribution is 2.31. The van der Waals surface area contributed by atoms with Crippen LogP contribution < -0.4 is 5.43 Å². The number of benzene rings is 1. The zero-order valence-corrected chi connectivity index (χ0v) is 17.9. The second kappa shape index (κ2) is 9.83. The summed E-state index contributed by atoms with van der Waals surface area (Å²) in [6.07, 6.45) is 6.68. The molecule has 0 unspecified atom stereocenters. The van der Waals surface area contributed by atoms with Gasteiger partial charge in [-0.05, 0) is 55.7 Å². The quantitative estimate of drug-likeness (QED) is 0.696. The summed E-state index contributed by atoms with van der Waals surface area (Å²) in [5.74, 6) is 0.312. The molecule has 1 aliphatic rings. The number of aryl methyl sites for hydroxylation is 1. The summed E-state index contributed by atoms with van der Waals surface area (Å²) in [5, 5.41) is 20.1. The molecule has 0 saturated carbocycles. The number of aromatic hydroxyl groups is 2. The lowest BCUT2D eigenvalue weighted by Crippen LogP contribution is -2.43. The maximum atomic E-state index is 13.0. The summed E-state index contributed by atoms with van der Waals surface area (Å²) in [5.41, 5.74) is 2.40. The minimum absolute atomic E-state index is 0.147. The first kappa shape index (κ1) is 21.9. The lowest BCUT2D eigenvalue weighted by atomic mass is 9.86. The van der Waals surface area contributed by atoms with E-state index in [0.29, 0.717) is 37.3 Å². The third-order valence-corrected chi connectivity index (χ3v) is 6.04. The molecule has 0 radical (unpaired) electrons. The van der Waals surface area contributed by atoms with Crippen molar-refractivity contribution < 1.29 is 15.0 Å². The lowest BCUT2D eigenvalue weighted by Gasteiger charge is -2.35. The molecule has 1 aromatic carbocycles. The molecule has 2 N–H and O–H groups in total. The molecule has 0 aliphatic heterocycles. The molecule has 1 atom stereocenters. The number of carbonyl (C=O) groups is 1.